The lowest BCUT2D eigenvalue weighted by atomic mass is 10.1. The summed E-state index contributed by atoms with van der Waals surface area (Å²) < 4.78 is 7.90. The SMILES string of the molecule is CCc1ccc(C(=O)Cn2ncn(-c3ccc(CN(C)C(=O)OC(C)(C)C)cc3)c2=O)cc1. The average molecular weight is 451 g/mol. The molecule has 0 saturated heterocycles. The Hall–Kier alpha value is -3.68. The van der Waals surface area contributed by atoms with Crippen molar-refractivity contribution in [3.63, 3.8) is 0 Å². The Labute approximate surface area is 193 Å². The van der Waals surface area contributed by atoms with Crippen LogP contribution < -0.4 is 5.69 Å². The normalized spacial score (nSPS) is 11.3. The fourth-order valence-corrected chi connectivity index (χ4v) is 3.22. The second-order valence-electron chi connectivity index (χ2n) is 8.92. The van der Waals surface area contributed by atoms with E-state index < -0.39 is 17.4 Å². The monoisotopic (exact) mass is 450 g/mol. The molecule has 3 rings (SSSR count). The number of hydrogen-bond donors (Lipinski definition) is 0. The molecule has 2 aromatic carbocycles. The molecule has 0 N–H and O–H groups in total. The minimum absolute atomic E-state index is 0.129. The highest BCUT2D eigenvalue weighted by Gasteiger charge is 2.19. The van der Waals surface area contributed by atoms with E-state index in [2.05, 4.69) is 12.0 Å². The van der Waals surface area contributed by atoms with E-state index in [1.807, 2.05) is 45.0 Å². The van der Waals surface area contributed by atoms with Gasteiger partial charge in [0.15, 0.2) is 5.78 Å². The first kappa shape index (κ1) is 24.0. The van der Waals surface area contributed by atoms with Gasteiger partial charge in [-0.05, 0) is 50.5 Å². The highest BCUT2D eigenvalue weighted by atomic mass is 16.6. The lowest BCUT2D eigenvalue weighted by Gasteiger charge is -2.24. The van der Waals surface area contributed by atoms with E-state index in [1.54, 1.807) is 31.3 Å². The van der Waals surface area contributed by atoms with Gasteiger partial charge in [-0.25, -0.2) is 18.8 Å². The molecule has 0 spiro atoms. The van der Waals surface area contributed by atoms with Crippen molar-refractivity contribution in [3.8, 4) is 5.69 Å². The van der Waals surface area contributed by atoms with Crippen molar-refractivity contribution in [1.82, 2.24) is 19.2 Å². The zero-order chi connectivity index (χ0) is 24.2. The fraction of sp³-hybridized carbons (Fsp3) is 0.360. The number of ketones is 1. The molecule has 0 unspecified atom stereocenters. The Bertz CT molecular complexity index is 1170. The van der Waals surface area contributed by atoms with Crippen LogP contribution in [0.2, 0.25) is 0 Å². The minimum atomic E-state index is -0.559. The number of nitrogens with zero attached hydrogens (tertiary/aromatic N) is 4. The van der Waals surface area contributed by atoms with Crippen molar-refractivity contribution < 1.29 is 14.3 Å². The van der Waals surface area contributed by atoms with Crippen LogP contribution in [-0.2, 0) is 24.2 Å². The Morgan fingerprint density at radius 3 is 2.18 bits per heavy atom. The van der Waals surface area contributed by atoms with Crippen molar-refractivity contribution in [2.45, 2.75) is 52.8 Å². The van der Waals surface area contributed by atoms with Crippen LogP contribution in [0, 0.1) is 0 Å². The van der Waals surface area contributed by atoms with Gasteiger partial charge in [-0.2, -0.15) is 5.10 Å². The van der Waals surface area contributed by atoms with Gasteiger partial charge < -0.3 is 9.64 Å². The number of aryl methyl sites for hydroxylation is 1. The van der Waals surface area contributed by atoms with Crippen molar-refractivity contribution in [2.75, 3.05) is 7.05 Å². The molecule has 0 aliphatic rings. The van der Waals surface area contributed by atoms with Gasteiger partial charge in [0.05, 0.1) is 5.69 Å². The summed E-state index contributed by atoms with van der Waals surface area (Å²) in [6.07, 6.45) is 1.89. The van der Waals surface area contributed by atoms with Crippen LogP contribution in [0.3, 0.4) is 0 Å². The number of rotatable bonds is 7. The number of carbonyl (C=O) groups excluding carboxylic acids is 2. The predicted molar refractivity (Wildman–Crippen MR) is 126 cm³/mol. The van der Waals surface area contributed by atoms with Gasteiger partial charge in [-0.15, -0.1) is 0 Å². The highest BCUT2D eigenvalue weighted by Crippen LogP contribution is 2.13. The Kier molecular flexibility index (Phi) is 7.16. The van der Waals surface area contributed by atoms with E-state index in [0.717, 1.165) is 22.2 Å². The third kappa shape index (κ3) is 6.19. The smallest absolute Gasteiger partial charge is 0.410 e. The van der Waals surface area contributed by atoms with Gasteiger partial charge in [0.2, 0.25) is 0 Å². The molecule has 8 nitrogen and oxygen atoms in total. The molecular weight excluding hydrogens is 420 g/mol. The van der Waals surface area contributed by atoms with Crippen molar-refractivity contribution in [2.24, 2.45) is 0 Å². The van der Waals surface area contributed by atoms with E-state index >= 15 is 0 Å². The molecule has 0 fully saturated rings. The molecule has 0 atom stereocenters. The third-order valence-electron chi connectivity index (χ3n) is 5.05. The maximum atomic E-state index is 12.8. The van der Waals surface area contributed by atoms with Crippen LogP contribution in [0.1, 0.15) is 49.2 Å². The first-order valence-corrected chi connectivity index (χ1v) is 10.9. The number of Topliss-reactive ketones (excluding diaryl/α,β-unsaturated/α-hetero) is 1. The Balaban J connectivity index is 1.67. The molecule has 1 amide bonds. The predicted octanol–water partition coefficient (Wildman–Crippen LogP) is 3.85. The van der Waals surface area contributed by atoms with E-state index in [4.69, 9.17) is 4.74 Å². The number of aromatic nitrogens is 3. The number of carbonyl (C=O) groups is 2. The van der Waals surface area contributed by atoms with E-state index in [9.17, 15) is 14.4 Å². The first-order valence-electron chi connectivity index (χ1n) is 10.9. The first-order chi connectivity index (χ1) is 15.6. The van der Waals surface area contributed by atoms with Crippen LogP contribution in [0.25, 0.3) is 5.69 Å². The lowest BCUT2D eigenvalue weighted by molar-refractivity contribution is 0.0285. The van der Waals surface area contributed by atoms with Crippen molar-refractivity contribution in [1.29, 1.82) is 0 Å². The van der Waals surface area contributed by atoms with Crippen LogP contribution in [-0.4, -0.2) is 43.8 Å². The minimum Gasteiger partial charge on any atom is -0.444 e. The van der Waals surface area contributed by atoms with Crippen LogP contribution >= 0.6 is 0 Å². The van der Waals surface area contributed by atoms with Gasteiger partial charge in [0, 0.05) is 19.2 Å². The molecule has 0 bridgehead atoms. The summed E-state index contributed by atoms with van der Waals surface area (Å²) >= 11 is 0. The topological polar surface area (TPSA) is 86.4 Å². The molecule has 3 aromatic rings. The second-order valence-corrected chi connectivity index (χ2v) is 8.92. The summed E-state index contributed by atoms with van der Waals surface area (Å²) in [7, 11) is 1.67. The fourth-order valence-electron chi connectivity index (χ4n) is 3.22. The van der Waals surface area contributed by atoms with E-state index in [0.29, 0.717) is 17.8 Å². The molecule has 1 heterocycles. The van der Waals surface area contributed by atoms with Gasteiger partial charge in [0.1, 0.15) is 18.5 Å². The molecule has 0 aliphatic carbocycles. The molecular formula is C25H30N4O4. The highest BCUT2D eigenvalue weighted by molar-refractivity contribution is 5.95. The van der Waals surface area contributed by atoms with Crippen molar-refractivity contribution in [3.05, 3.63) is 82.0 Å². The van der Waals surface area contributed by atoms with Gasteiger partial charge in [-0.3, -0.25) is 4.79 Å². The van der Waals surface area contributed by atoms with Gasteiger partial charge >= 0.3 is 11.8 Å². The number of ether oxygens (including phenoxy) is 1. The molecule has 0 radical (unpaired) electrons. The largest absolute Gasteiger partial charge is 0.444 e. The van der Waals surface area contributed by atoms with E-state index in [1.165, 1.54) is 15.8 Å². The third-order valence-corrected chi connectivity index (χ3v) is 5.05. The summed E-state index contributed by atoms with van der Waals surface area (Å²) in [5.74, 6) is -0.175. The number of benzene rings is 2. The van der Waals surface area contributed by atoms with Gasteiger partial charge in [-0.1, -0.05) is 43.3 Å². The zero-order valence-corrected chi connectivity index (χ0v) is 19.7. The number of amides is 1. The summed E-state index contributed by atoms with van der Waals surface area (Å²) in [6, 6.07) is 14.6. The van der Waals surface area contributed by atoms with Crippen molar-refractivity contribution >= 4 is 11.9 Å². The average Bonchev–Trinajstić information content (AvgIpc) is 3.13. The lowest BCUT2D eigenvalue weighted by Crippen LogP contribution is -2.33. The van der Waals surface area contributed by atoms with Crippen LogP contribution in [0.4, 0.5) is 4.79 Å². The summed E-state index contributed by atoms with van der Waals surface area (Å²) in [5, 5.41) is 4.10. The van der Waals surface area contributed by atoms with Gasteiger partial charge in [0.25, 0.3) is 0 Å². The maximum Gasteiger partial charge on any atom is 0.410 e. The maximum absolute atomic E-state index is 12.8. The molecule has 1 aromatic heterocycles. The molecule has 174 valence electrons. The number of hydrogen-bond acceptors (Lipinski definition) is 5. The van der Waals surface area contributed by atoms with E-state index in [-0.39, 0.29) is 12.3 Å². The Morgan fingerprint density at radius 1 is 1.00 bits per heavy atom. The zero-order valence-electron chi connectivity index (χ0n) is 19.7. The Morgan fingerprint density at radius 2 is 1.61 bits per heavy atom. The molecule has 0 aliphatic heterocycles. The summed E-state index contributed by atoms with van der Waals surface area (Å²) in [4.78, 5) is 38.9. The van der Waals surface area contributed by atoms with Crippen LogP contribution in [0.5, 0.6) is 0 Å². The second kappa shape index (κ2) is 9.85. The van der Waals surface area contributed by atoms with Crippen LogP contribution in [0.15, 0.2) is 59.7 Å². The summed E-state index contributed by atoms with van der Waals surface area (Å²) in [5.41, 5.74) is 2.25. The molecule has 0 saturated carbocycles. The molecule has 8 heteroatoms. The standard InChI is InChI=1S/C25H30N4O4/c1-6-18-7-11-20(12-8-18)22(30)16-29-23(31)28(17-26-29)21-13-9-19(10-14-21)15-27(5)24(32)33-25(2,3)4/h7-14,17H,6,15-16H2,1-5H3. The molecule has 33 heavy (non-hydrogen) atoms. The summed E-state index contributed by atoms with van der Waals surface area (Å²) in [6.45, 7) is 7.75. The quantitative estimate of drug-likeness (QED) is 0.511.